The lowest BCUT2D eigenvalue weighted by Gasteiger charge is -2.33. The number of nitrogens with zero attached hydrogens (tertiary/aromatic N) is 2. The van der Waals surface area contributed by atoms with Crippen LogP contribution in [0.1, 0.15) is 104 Å². The van der Waals surface area contributed by atoms with Crippen LogP contribution in [-0.2, 0) is 0 Å². The van der Waals surface area contributed by atoms with E-state index in [-0.39, 0.29) is 0 Å². The summed E-state index contributed by atoms with van der Waals surface area (Å²) in [5.41, 5.74) is 1.32. The van der Waals surface area contributed by atoms with Gasteiger partial charge in [-0.3, -0.25) is 0 Å². The van der Waals surface area contributed by atoms with Crippen LogP contribution in [0.4, 0.5) is 5.69 Å². The predicted molar refractivity (Wildman–Crippen MR) is 125 cm³/mol. The van der Waals surface area contributed by atoms with Crippen LogP contribution in [0.5, 0.6) is 0 Å². The Morgan fingerprint density at radius 2 is 1.21 bits per heavy atom. The van der Waals surface area contributed by atoms with E-state index in [0.29, 0.717) is 6.17 Å². The molecule has 0 aromatic heterocycles. The van der Waals surface area contributed by atoms with Gasteiger partial charge in [-0.15, -0.1) is 0 Å². The molecule has 0 N–H and O–H groups in total. The molecule has 0 aliphatic carbocycles. The smallest absolute Gasteiger partial charge is 0.105 e. The molecule has 28 heavy (non-hydrogen) atoms. The summed E-state index contributed by atoms with van der Waals surface area (Å²) in [6.07, 6.45) is 24.5. The van der Waals surface area contributed by atoms with Gasteiger partial charge < -0.3 is 9.80 Å². The van der Waals surface area contributed by atoms with Crippen molar-refractivity contribution >= 4 is 5.69 Å². The zero-order chi connectivity index (χ0) is 19.9. The molecular weight excluding hydrogens is 340 g/mol. The zero-order valence-corrected chi connectivity index (χ0v) is 18.6. The van der Waals surface area contributed by atoms with E-state index in [2.05, 4.69) is 66.4 Å². The van der Waals surface area contributed by atoms with Gasteiger partial charge in [-0.25, -0.2) is 0 Å². The molecule has 0 radical (unpaired) electrons. The van der Waals surface area contributed by atoms with E-state index in [1.165, 1.54) is 102 Å². The van der Waals surface area contributed by atoms with E-state index < -0.39 is 0 Å². The maximum Gasteiger partial charge on any atom is 0.105 e. The molecule has 0 bridgehead atoms. The van der Waals surface area contributed by atoms with Crippen LogP contribution in [0.15, 0.2) is 42.7 Å². The monoisotopic (exact) mass is 384 g/mol. The largest absolute Gasteiger partial charge is 0.356 e. The minimum Gasteiger partial charge on any atom is -0.356 e. The van der Waals surface area contributed by atoms with Crippen molar-refractivity contribution in [1.29, 1.82) is 0 Å². The van der Waals surface area contributed by atoms with E-state index in [9.17, 15) is 0 Å². The lowest BCUT2D eigenvalue weighted by molar-refractivity contribution is 0.275. The summed E-state index contributed by atoms with van der Waals surface area (Å²) in [6.45, 7) is 5.76. The van der Waals surface area contributed by atoms with Crippen LogP contribution in [0, 0.1) is 0 Å². The Labute approximate surface area is 175 Å². The molecule has 1 aromatic rings. The van der Waals surface area contributed by atoms with Crippen LogP contribution in [-0.4, -0.2) is 17.6 Å². The number of unbranched alkanes of at least 4 members (excludes halogenated alkanes) is 11. The van der Waals surface area contributed by atoms with Crippen molar-refractivity contribution in [3.05, 3.63) is 42.7 Å². The van der Waals surface area contributed by atoms with Crippen molar-refractivity contribution in [2.45, 2.75) is 110 Å². The standard InChI is InChI=1S/C26H44N2/c1-3-5-7-8-9-10-11-12-13-14-18-21-26-27(22-6-4-2)23-24-28(26)25-19-16-15-17-20-25/h15-17,19-20,23-24,26H,3-14,18,21-22H2,1-2H3. The third-order valence-corrected chi connectivity index (χ3v) is 6.01. The van der Waals surface area contributed by atoms with E-state index in [1.807, 2.05) is 0 Å². The van der Waals surface area contributed by atoms with E-state index in [0.717, 1.165) is 0 Å². The van der Waals surface area contributed by atoms with Gasteiger partial charge in [0.25, 0.3) is 0 Å². The fraction of sp³-hybridized carbons (Fsp3) is 0.692. The fourth-order valence-electron chi connectivity index (χ4n) is 4.23. The Morgan fingerprint density at radius 3 is 1.82 bits per heavy atom. The molecule has 0 saturated heterocycles. The number of hydrogen-bond donors (Lipinski definition) is 0. The molecule has 1 aromatic carbocycles. The fourth-order valence-corrected chi connectivity index (χ4v) is 4.23. The first-order valence-corrected chi connectivity index (χ1v) is 12.1. The van der Waals surface area contributed by atoms with Crippen molar-refractivity contribution in [3.8, 4) is 0 Å². The number of rotatable bonds is 16. The summed E-state index contributed by atoms with van der Waals surface area (Å²) in [5, 5.41) is 0. The van der Waals surface area contributed by atoms with Gasteiger partial charge >= 0.3 is 0 Å². The normalized spacial score (nSPS) is 16.3. The molecule has 2 nitrogen and oxygen atoms in total. The molecule has 0 amide bonds. The Kier molecular flexibility index (Phi) is 11.9. The molecule has 1 aliphatic rings. The minimum atomic E-state index is 0.507. The second-order valence-electron chi connectivity index (χ2n) is 8.44. The second kappa shape index (κ2) is 14.5. The van der Waals surface area contributed by atoms with Gasteiger partial charge in [0.1, 0.15) is 6.17 Å². The van der Waals surface area contributed by atoms with Crippen molar-refractivity contribution in [2.24, 2.45) is 0 Å². The van der Waals surface area contributed by atoms with Crippen LogP contribution in [0.3, 0.4) is 0 Å². The number of anilines is 1. The molecule has 158 valence electrons. The Hall–Kier alpha value is -1.44. The summed E-state index contributed by atoms with van der Waals surface area (Å²) >= 11 is 0. The molecule has 2 heteroatoms. The van der Waals surface area contributed by atoms with Crippen LogP contribution < -0.4 is 4.90 Å². The van der Waals surface area contributed by atoms with Crippen molar-refractivity contribution < 1.29 is 0 Å². The topological polar surface area (TPSA) is 6.48 Å². The first-order chi connectivity index (χ1) is 13.9. The van der Waals surface area contributed by atoms with Crippen LogP contribution >= 0.6 is 0 Å². The van der Waals surface area contributed by atoms with Crippen molar-refractivity contribution in [1.82, 2.24) is 4.90 Å². The summed E-state index contributed by atoms with van der Waals surface area (Å²) < 4.78 is 0. The predicted octanol–water partition coefficient (Wildman–Crippen LogP) is 8.11. The highest BCUT2D eigenvalue weighted by molar-refractivity contribution is 5.51. The summed E-state index contributed by atoms with van der Waals surface area (Å²) in [7, 11) is 0. The molecule has 1 unspecified atom stereocenters. The van der Waals surface area contributed by atoms with Gasteiger partial charge in [0.05, 0.1) is 0 Å². The van der Waals surface area contributed by atoms with Crippen LogP contribution in [0.25, 0.3) is 0 Å². The van der Waals surface area contributed by atoms with Gasteiger partial charge in [0.15, 0.2) is 0 Å². The highest BCUT2D eigenvalue weighted by Crippen LogP contribution is 2.28. The molecule has 0 saturated carbocycles. The Morgan fingerprint density at radius 1 is 0.643 bits per heavy atom. The quantitative estimate of drug-likeness (QED) is 0.266. The molecule has 1 aliphatic heterocycles. The van der Waals surface area contributed by atoms with E-state index in [1.54, 1.807) is 0 Å². The molecular formula is C26H44N2. The SMILES string of the molecule is CCCCCCCCCCCCCC1N(CCCC)C=CN1c1ccccc1. The Balaban J connectivity index is 1.64. The van der Waals surface area contributed by atoms with Crippen molar-refractivity contribution in [3.63, 3.8) is 0 Å². The molecule has 0 fully saturated rings. The zero-order valence-electron chi connectivity index (χ0n) is 18.6. The Bertz CT molecular complexity index is 510. The molecule has 1 atom stereocenters. The molecule has 2 rings (SSSR count). The summed E-state index contributed by atoms with van der Waals surface area (Å²) in [4.78, 5) is 5.04. The lowest BCUT2D eigenvalue weighted by atomic mass is 10.0. The van der Waals surface area contributed by atoms with Gasteiger partial charge in [0, 0.05) is 24.6 Å². The van der Waals surface area contributed by atoms with Gasteiger partial charge in [-0.1, -0.05) is 103 Å². The minimum absolute atomic E-state index is 0.507. The van der Waals surface area contributed by atoms with E-state index >= 15 is 0 Å². The molecule has 1 heterocycles. The van der Waals surface area contributed by atoms with Gasteiger partial charge in [0.2, 0.25) is 0 Å². The van der Waals surface area contributed by atoms with Gasteiger partial charge in [-0.2, -0.15) is 0 Å². The summed E-state index contributed by atoms with van der Waals surface area (Å²) in [6, 6.07) is 10.9. The lowest BCUT2D eigenvalue weighted by Crippen LogP contribution is -2.39. The van der Waals surface area contributed by atoms with E-state index in [4.69, 9.17) is 0 Å². The first kappa shape index (κ1) is 22.8. The number of benzene rings is 1. The maximum absolute atomic E-state index is 2.56. The molecule has 0 spiro atoms. The number of hydrogen-bond acceptors (Lipinski definition) is 2. The second-order valence-corrected chi connectivity index (χ2v) is 8.44. The third kappa shape index (κ3) is 8.29. The average Bonchev–Trinajstić information content (AvgIpc) is 3.13. The summed E-state index contributed by atoms with van der Waals surface area (Å²) in [5.74, 6) is 0. The highest BCUT2D eigenvalue weighted by atomic mass is 15.4. The number of para-hydroxylation sites is 1. The van der Waals surface area contributed by atoms with Gasteiger partial charge in [-0.05, 0) is 31.4 Å². The van der Waals surface area contributed by atoms with Crippen molar-refractivity contribution in [2.75, 3.05) is 11.4 Å². The first-order valence-electron chi connectivity index (χ1n) is 12.1. The average molecular weight is 385 g/mol. The van der Waals surface area contributed by atoms with Crippen LogP contribution in [0.2, 0.25) is 0 Å². The highest BCUT2D eigenvalue weighted by Gasteiger charge is 2.26. The maximum atomic E-state index is 2.56. The third-order valence-electron chi connectivity index (χ3n) is 6.01.